The van der Waals surface area contributed by atoms with Crippen molar-refractivity contribution in [2.24, 2.45) is 5.92 Å². The number of carboxylic acids is 1. The van der Waals surface area contributed by atoms with Crippen molar-refractivity contribution in [2.75, 3.05) is 5.75 Å². The molecule has 5 nitrogen and oxygen atoms in total. The van der Waals surface area contributed by atoms with Crippen LogP contribution in [0.5, 0.6) is 0 Å². The molecule has 1 atom stereocenters. The van der Waals surface area contributed by atoms with Crippen molar-refractivity contribution < 1.29 is 9.90 Å². The number of rotatable bonds is 7. The number of nitrogens with zero attached hydrogens (tertiary/aromatic N) is 3. The lowest BCUT2D eigenvalue weighted by Crippen LogP contribution is -2.13. The first-order chi connectivity index (χ1) is 8.45. The minimum absolute atomic E-state index is 0.0241. The minimum Gasteiger partial charge on any atom is -0.481 e. The Morgan fingerprint density at radius 2 is 2.06 bits per heavy atom. The summed E-state index contributed by atoms with van der Waals surface area (Å²) < 4.78 is 2.08. The van der Waals surface area contributed by atoms with E-state index in [1.807, 2.05) is 6.92 Å². The van der Waals surface area contributed by atoms with Crippen molar-refractivity contribution in [1.82, 2.24) is 14.8 Å². The topological polar surface area (TPSA) is 68.0 Å². The summed E-state index contributed by atoms with van der Waals surface area (Å²) in [6.45, 7) is 8.52. The number of hydrogen-bond donors (Lipinski definition) is 1. The van der Waals surface area contributed by atoms with Crippen LogP contribution in [0, 0.1) is 5.92 Å². The Labute approximate surface area is 112 Å². The predicted octanol–water partition coefficient (Wildman–Crippen LogP) is 2.62. The first-order valence-corrected chi connectivity index (χ1v) is 7.22. The fourth-order valence-corrected chi connectivity index (χ4v) is 2.78. The number of carbonyl (C=O) groups is 1. The summed E-state index contributed by atoms with van der Waals surface area (Å²) in [7, 11) is 0. The normalized spacial score (nSPS) is 12.9. The Hall–Kier alpha value is -1.04. The average Bonchev–Trinajstić information content (AvgIpc) is 2.68. The molecular formula is C12H21N3O2S. The molecular weight excluding hydrogens is 250 g/mol. The van der Waals surface area contributed by atoms with E-state index >= 15 is 0 Å². The maximum atomic E-state index is 10.6. The molecule has 1 aromatic heterocycles. The highest BCUT2D eigenvalue weighted by Gasteiger charge is 2.18. The second-order valence-corrected chi connectivity index (χ2v) is 5.73. The summed E-state index contributed by atoms with van der Waals surface area (Å²) in [5.41, 5.74) is 0. The van der Waals surface area contributed by atoms with Crippen molar-refractivity contribution >= 4 is 17.7 Å². The number of carboxylic acid groups (broad SMARTS) is 1. The van der Waals surface area contributed by atoms with E-state index in [0.29, 0.717) is 17.1 Å². The first-order valence-electron chi connectivity index (χ1n) is 6.24. The number of aryl methyl sites for hydroxylation is 1. The van der Waals surface area contributed by atoms with Gasteiger partial charge in [-0.25, -0.2) is 0 Å². The van der Waals surface area contributed by atoms with Crippen molar-refractivity contribution in [2.45, 2.75) is 51.7 Å². The molecule has 6 heteroatoms. The number of hydrogen-bond acceptors (Lipinski definition) is 4. The van der Waals surface area contributed by atoms with Crippen LogP contribution in [0.1, 0.15) is 46.0 Å². The molecule has 1 aromatic rings. The lowest BCUT2D eigenvalue weighted by molar-refractivity contribution is -0.133. The molecule has 0 aromatic carbocycles. The highest BCUT2D eigenvalue weighted by atomic mass is 32.2. The summed E-state index contributed by atoms with van der Waals surface area (Å²) in [4.78, 5) is 10.6. The van der Waals surface area contributed by atoms with Crippen LogP contribution in [0.15, 0.2) is 5.16 Å². The van der Waals surface area contributed by atoms with Crippen LogP contribution in [0.2, 0.25) is 0 Å². The van der Waals surface area contributed by atoms with Crippen molar-refractivity contribution in [3.05, 3.63) is 5.82 Å². The van der Waals surface area contributed by atoms with Gasteiger partial charge in [0.2, 0.25) is 0 Å². The van der Waals surface area contributed by atoms with E-state index in [1.54, 1.807) is 0 Å². The summed E-state index contributed by atoms with van der Waals surface area (Å²) in [5.74, 6) is 0.709. The highest BCUT2D eigenvalue weighted by molar-refractivity contribution is 7.99. The van der Waals surface area contributed by atoms with Gasteiger partial charge in [0, 0.05) is 12.5 Å². The standard InChI is InChI=1S/C12H21N3O2S/c1-5-10-13-14-12(18-7-11(16)17)15(10)9(4)6-8(2)3/h8-9H,5-7H2,1-4H3,(H,16,17). The molecule has 1 rings (SSSR count). The van der Waals surface area contributed by atoms with Crippen molar-refractivity contribution in [1.29, 1.82) is 0 Å². The van der Waals surface area contributed by atoms with Crippen LogP contribution < -0.4 is 0 Å². The van der Waals surface area contributed by atoms with Crippen molar-refractivity contribution in [3.63, 3.8) is 0 Å². The molecule has 0 aliphatic carbocycles. The van der Waals surface area contributed by atoms with Gasteiger partial charge in [0.15, 0.2) is 5.16 Å². The van der Waals surface area contributed by atoms with E-state index in [0.717, 1.165) is 18.7 Å². The lowest BCUT2D eigenvalue weighted by Gasteiger charge is -2.19. The third-order valence-electron chi connectivity index (χ3n) is 2.63. The summed E-state index contributed by atoms with van der Waals surface area (Å²) in [6, 6.07) is 0.297. The van der Waals surface area contributed by atoms with Crippen LogP contribution in [0.3, 0.4) is 0 Å². The van der Waals surface area contributed by atoms with E-state index in [4.69, 9.17) is 5.11 Å². The second kappa shape index (κ2) is 6.78. The minimum atomic E-state index is -0.830. The van der Waals surface area contributed by atoms with E-state index in [1.165, 1.54) is 11.8 Å². The zero-order valence-corrected chi connectivity index (χ0v) is 12.2. The largest absolute Gasteiger partial charge is 0.481 e. The maximum absolute atomic E-state index is 10.6. The summed E-state index contributed by atoms with van der Waals surface area (Å²) >= 11 is 1.24. The van der Waals surface area contributed by atoms with Gasteiger partial charge in [0.25, 0.3) is 0 Å². The Morgan fingerprint density at radius 1 is 1.39 bits per heavy atom. The Kier molecular flexibility index (Phi) is 5.65. The van der Waals surface area contributed by atoms with Crippen LogP contribution in [-0.2, 0) is 11.2 Å². The fourth-order valence-electron chi connectivity index (χ4n) is 2.00. The van der Waals surface area contributed by atoms with Crippen LogP contribution in [0.4, 0.5) is 0 Å². The molecule has 0 saturated heterocycles. The molecule has 0 bridgehead atoms. The van der Waals surface area contributed by atoms with Crippen LogP contribution in [-0.4, -0.2) is 31.6 Å². The van der Waals surface area contributed by atoms with Gasteiger partial charge in [0.05, 0.1) is 5.75 Å². The Morgan fingerprint density at radius 3 is 2.56 bits per heavy atom. The highest BCUT2D eigenvalue weighted by Crippen LogP contribution is 2.25. The summed E-state index contributed by atoms with van der Waals surface area (Å²) in [6.07, 6.45) is 1.84. The van der Waals surface area contributed by atoms with Gasteiger partial charge in [-0.15, -0.1) is 10.2 Å². The second-order valence-electron chi connectivity index (χ2n) is 4.78. The number of aliphatic carboxylic acids is 1. The molecule has 1 N–H and O–H groups in total. The molecule has 102 valence electrons. The molecule has 0 amide bonds. The van der Waals surface area contributed by atoms with Gasteiger partial charge >= 0.3 is 5.97 Å². The molecule has 0 aliphatic heterocycles. The smallest absolute Gasteiger partial charge is 0.313 e. The quantitative estimate of drug-likeness (QED) is 0.772. The fraction of sp³-hybridized carbons (Fsp3) is 0.750. The van der Waals surface area contributed by atoms with Gasteiger partial charge in [-0.05, 0) is 19.3 Å². The van der Waals surface area contributed by atoms with E-state index in [-0.39, 0.29) is 5.75 Å². The molecule has 1 unspecified atom stereocenters. The van der Waals surface area contributed by atoms with E-state index in [9.17, 15) is 4.79 Å². The van der Waals surface area contributed by atoms with Crippen molar-refractivity contribution in [3.8, 4) is 0 Å². The third-order valence-corrected chi connectivity index (χ3v) is 3.56. The maximum Gasteiger partial charge on any atom is 0.313 e. The van der Waals surface area contributed by atoms with Gasteiger partial charge < -0.3 is 9.67 Å². The zero-order chi connectivity index (χ0) is 13.7. The summed E-state index contributed by atoms with van der Waals surface area (Å²) in [5, 5.41) is 17.7. The molecule has 18 heavy (non-hydrogen) atoms. The monoisotopic (exact) mass is 271 g/mol. The lowest BCUT2D eigenvalue weighted by atomic mass is 10.1. The predicted molar refractivity (Wildman–Crippen MR) is 71.9 cm³/mol. The van der Waals surface area contributed by atoms with Gasteiger partial charge in [-0.3, -0.25) is 4.79 Å². The van der Waals surface area contributed by atoms with E-state index < -0.39 is 5.97 Å². The molecule has 0 saturated carbocycles. The molecule has 1 heterocycles. The zero-order valence-electron chi connectivity index (χ0n) is 11.4. The molecule has 0 radical (unpaired) electrons. The first kappa shape index (κ1) is 15.0. The SMILES string of the molecule is CCc1nnc(SCC(=O)O)n1C(C)CC(C)C. The molecule has 0 spiro atoms. The van der Waals surface area contributed by atoms with E-state index in [2.05, 4.69) is 35.5 Å². The van der Waals surface area contributed by atoms with Crippen LogP contribution >= 0.6 is 11.8 Å². The Balaban J connectivity index is 2.90. The Bertz CT molecular complexity index is 404. The average molecular weight is 271 g/mol. The number of thioether (sulfide) groups is 1. The van der Waals surface area contributed by atoms with Gasteiger partial charge in [0.1, 0.15) is 5.82 Å². The third kappa shape index (κ3) is 4.01. The van der Waals surface area contributed by atoms with Crippen LogP contribution in [0.25, 0.3) is 0 Å². The van der Waals surface area contributed by atoms with Gasteiger partial charge in [-0.1, -0.05) is 32.5 Å². The van der Waals surface area contributed by atoms with Gasteiger partial charge in [-0.2, -0.15) is 0 Å². The molecule has 0 fully saturated rings. The molecule has 0 aliphatic rings. The number of aromatic nitrogens is 3.